The molecule has 1 atom stereocenters. The predicted octanol–water partition coefficient (Wildman–Crippen LogP) is 1.17. The van der Waals surface area contributed by atoms with E-state index >= 15 is 0 Å². The van der Waals surface area contributed by atoms with Gasteiger partial charge in [-0.15, -0.1) is 11.3 Å². The molecule has 0 fully saturated rings. The monoisotopic (exact) mass is 388 g/mol. The molecule has 1 unspecified atom stereocenters. The largest absolute Gasteiger partial charge is 0.492 e. The Hall–Kier alpha value is -2.23. The van der Waals surface area contributed by atoms with Crippen molar-refractivity contribution in [3.05, 3.63) is 45.4 Å². The molecule has 27 heavy (non-hydrogen) atoms. The summed E-state index contributed by atoms with van der Waals surface area (Å²) in [6, 6.07) is 2.66. The van der Waals surface area contributed by atoms with Crippen LogP contribution < -0.4 is 10.8 Å². The minimum atomic E-state index is -1.03. The van der Waals surface area contributed by atoms with Crippen molar-refractivity contribution in [1.29, 1.82) is 0 Å². The first-order valence-electron chi connectivity index (χ1n) is 8.66. The molecule has 0 saturated carbocycles. The summed E-state index contributed by atoms with van der Waals surface area (Å²) >= 11 is 1.40. The Morgan fingerprint density at radius 1 is 1.44 bits per heavy atom. The number of nitrogens with zero attached hydrogens (tertiary/aromatic N) is 1. The van der Waals surface area contributed by atoms with Gasteiger partial charge in [0.2, 0.25) is 0 Å². The third-order valence-corrected chi connectivity index (χ3v) is 5.28. The second kappa shape index (κ2) is 8.20. The van der Waals surface area contributed by atoms with Crippen LogP contribution in [0.2, 0.25) is 0 Å². The molecule has 1 aliphatic heterocycles. The number of carbonyl (C=O) groups is 2. The number of amides is 1. The highest BCUT2D eigenvalue weighted by Gasteiger charge is 2.32. The summed E-state index contributed by atoms with van der Waals surface area (Å²) in [4.78, 5) is 29.3. The van der Waals surface area contributed by atoms with Crippen LogP contribution in [0.4, 0.5) is 0 Å². The van der Waals surface area contributed by atoms with Crippen LogP contribution in [0.25, 0.3) is 0 Å². The van der Waals surface area contributed by atoms with Gasteiger partial charge in [0, 0.05) is 17.1 Å². The van der Waals surface area contributed by atoms with Crippen molar-refractivity contribution in [3.63, 3.8) is 0 Å². The highest BCUT2D eigenvalue weighted by molar-refractivity contribution is 7.09. The Labute approximate surface area is 161 Å². The lowest BCUT2D eigenvalue weighted by molar-refractivity contribution is -0.148. The van der Waals surface area contributed by atoms with Gasteiger partial charge in [0.1, 0.15) is 17.7 Å². The summed E-state index contributed by atoms with van der Waals surface area (Å²) in [5, 5.41) is 15.2. The minimum absolute atomic E-state index is 0.0804. The molecule has 2 N–H and O–H groups in total. The van der Waals surface area contributed by atoms with Gasteiger partial charge in [0.25, 0.3) is 5.91 Å². The number of hydrogen-bond donors (Lipinski definition) is 2. The highest BCUT2D eigenvalue weighted by Crippen LogP contribution is 2.17. The van der Waals surface area contributed by atoms with E-state index in [0.717, 1.165) is 5.56 Å². The topological polar surface area (TPSA) is 97.8 Å². The second-order valence-corrected chi connectivity index (χ2v) is 7.68. The molecule has 0 spiro atoms. The standard InChI is InChI=1S/C18H21BN2O5S/c1-10(2)16(18(23)25-9-14-20-6-7-27-14)21-17(22)13-5-4-12-8-26-19(24)15(12)11(13)3/h4-7,10,16,24H,8-9H2,1-3H3,(H,21,22). The fourth-order valence-electron chi connectivity index (χ4n) is 3.02. The number of benzene rings is 1. The zero-order chi connectivity index (χ0) is 19.6. The molecule has 1 aromatic carbocycles. The average molecular weight is 388 g/mol. The lowest BCUT2D eigenvalue weighted by atomic mass is 9.75. The molecule has 1 aromatic heterocycles. The van der Waals surface area contributed by atoms with Gasteiger partial charge in [-0.1, -0.05) is 19.9 Å². The maximum absolute atomic E-state index is 12.8. The molecule has 2 aromatic rings. The van der Waals surface area contributed by atoms with Gasteiger partial charge in [-0.05, 0) is 35.5 Å². The summed E-state index contributed by atoms with van der Waals surface area (Å²) in [6.45, 7) is 5.83. The lowest BCUT2D eigenvalue weighted by Crippen LogP contribution is -2.46. The SMILES string of the molecule is Cc1c(C(=O)NC(C(=O)OCc2nccs2)C(C)C)ccc2c1B(O)OC2. The number of hydrogen-bond acceptors (Lipinski definition) is 7. The van der Waals surface area contributed by atoms with E-state index in [1.54, 1.807) is 30.6 Å². The van der Waals surface area contributed by atoms with E-state index in [9.17, 15) is 14.6 Å². The van der Waals surface area contributed by atoms with Gasteiger partial charge in [0.05, 0.1) is 6.61 Å². The van der Waals surface area contributed by atoms with Crippen LogP contribution in [0, 0.1) is 12.8 Å². The Balaban J connectivity index is 1.72. The maximum atomic E-state index is 12.8. The third-order valence-electron chi connectivity index (χ3n) is 4.52. The molecule has 0 aliphatic carbocycles. The zero-order valence-corrected chi connectivity index (χ0v) is 16.2. The number of esters is 1. The minimum Gasteiger partial charge on any atom is -0.457 e. The van der Waals surface area contributed by atoms with Crippen molar-refractivity contribution in [1.82, 2.24) is 10.3 Å². The molecule has 0 bridgehead atoms. The van der Waals surface area contributed by atoms with Crippen LogP contribution >= 0.6 is 11.3 Å². The second-order valence-electron chi connectivity index (χ2n) is 6.70. The molecule has 0 saturated heterocycles. The van der Waals surface area contributed by atoms with Crippen molar-refractivity contribution in [2.45, 2.75) is 40.0 Å². The van der Waals surface area contributed by atoms with Crippen molar-refractivity contribution in [2.24, 2.45) is 5.92 Å². The van der Waals surface area contributed by atoms with Crippen molar-refractivity contribution < 1.29 is 24.0 Å². The van der Waals surface area contributed by atoms with E-state index in [-0.39, 0.29) is 18.4 Å². The number of aromatic nitrogens is 1. The van der Waals surface area contributed by atoms with Crippen LogP contribution in [0.5, 0.6) is 0 Å². The quantitative estimate of drug-likeness (QED) is 0.570. The molecule has 1 aliphatic rings. The van der Waals surface area contributed by atoms with Gasteiger partial charge >= 0.3 is 13.1 Å². The summed E-state index contributed by atoms with van der Waals surface area (Å²) in [5.41, 5.74) is 2.53. The smallest absolute Gasteiger partial charge is 0.457 e. The van der Waals surface area contributed by atoms with Crippen LogP contribution in [0.1, 0.15) is 40.3 Å². The number of fused-ring (bicyclic) bond motifs is 1. The normalized spacial score (nSPS) is 14.2. The van der Waals surface area contributed by atoms with Crippen LogP contribution in [-0.4, -0.2) is 35.0 Å². The van der Waals surface area contributed by atoms with Crippen molar-refractivity contribution >= 4 is 35.8 Å². The highest BCUT2D eigenvalue weighted by atomic mass is 32.1. The Kier molecular flexibility index (Phi) is 5.93. The van der Waals surface area contributed by atoms with E-state index in [0.29, 0.717) is 28.2 Å². The fraction of sp³-hybridized carbons (Fsp3) is 0.389. The summed E-state index contributed by atoms with van der Waals surface area (Å²) in [6.07, 6.45) is 1.64. The van der Waals surface area contributed by atoms with E-state index in [1.165, 1.54) is 11.3 Å². The Morgan fingerprint density at radius 2 is 2.22 bits per heavy atom. The Bertz CT molecular complexity index is 841. The first kappa shape index (κ1) is 19.5. The average Bonchev–Trinajstić information content (AvgIpc) is 3.27. The number of rotatable bonds is 6. The van der Waals surface area contributed by atoms with Crippen LogP contribution in [0.3, 0.4) is 0 Å². The number of nitrogens with one attached hydrogen (secondary N) is 1. The summed E-state index contributed by atoms with van der Waals surface area (Å²) < 4.78 is 10.5. The molecule has 2 heterocycles. The van der Waals surface area contributed by atoms with Crippen molar-refractivity contribution in [3.8, 4) is 0 Å². The Morgan fingerprint density at radius 3 is 2.89 bits per heavy atom. The van der Waals surface area contributed by atoms with E-state index in [1.807, 2.05) is 13.8 Å². The molecule has 7 nitrogen and oxygen atoms in total. The molecule has 3 rings (SSSR count). The van der Waals surface area contributed by atoms with E-state index in [4.69, 9.17) is 9.39 Å². The first-order valence-corrected chi connectivity index (χ1v) is 9.54. The van der Waals surface area contributed by atoms with E-state index in [2.05, 4.69) is 10.3 Å². The first-order chi connectivity index (χ1) is 12.9. The fourth-order valence-corrected chi connectivity index (χ4v) is 3.54. The van der Waals surface area contributed by atoms with E-state index < -0.39 is 19.1 Å². The van der Waals surface area contributed by atoms with Gasteiger partial charge in [-0.25, -0.2) is 9.78 Å². The lowest BCUT2D eigenvalue weighted by Gasteiger charge is -2.21. The van der Waals surface area contributed by atoms with Gasteiger partial charge in [0.15, 0.2) is 0 Å². The molecular weight excluding hydrogens is 367 g/mol. The summed E-state index contributed by atoms with van der Waals surface area (Å²) in [5.74, 6) is -1.04. The number of carbonyl (C=O) groups excluding carboxylic acids is 2. The molecule has 1 amide bonds. The zero-order valence-electron chi connectivity index (χ0n) is 15.4. The maximum Gasteiger partial charge on any atom is 0.492 e. The number of ether oxygens (including phenoxy) is 1. The molecule has 142 valence electrons. The predicted molar refractivity (Wildman–Crippen MR) is 102 cm³/mol. The van der Waals surface area contributed by atoms with Crippen molar-refractivity contribution in [2.75, 3.05) is 0 Å². The number of thiazole rings is 1. The van der Waals surface area contributed by atoms with Crippen LogP contribution in [0.15, 0.2) is 23.7 Å². The summed E-state index contributed by atoms with van der Waals surface area (Å²) in [7, 11) is -1.03. The molecule has 0 radical (unpaired) electrons. The molecule has 9 heteroatoms. The van der Waals surface area contributed by atoms with Crippen LogP contribution in [-0.2, 0) is 27.4 Å². The molecular formula is C18H21BN2O5S. The van der Waals surface area contributed by atoms with Gasteiger partial charge in [-0.2, -0.15) is 0 Å². The third kappa shape index (κ3) is 4.21. The van der Waals surface area contributed by atoms with Gasteiger partial charge < -0.3 is 19.7 Å². The van der Waals surface area contributed by atoms with Gasteiger partial charge in [-0.3, -0.25) is 4.79 Å².